The van der Waals surface area contributed by atoms with E-state index in [1.54, 1.807) is 6.07 Å². The number of nitrogens with zero attached hydrogens (tertiary/aromatic N) is 2. The fourth-order valence-electron chi connectivity index (χ4n) is 4.31. The predicted molar refractivity (Wildman–Crippen MR) is 82.0 cm³/mol. The van der Waals surface area contributed by atoms with Crippen molar-refractivity contribution in [3.05, 3.63) is 48.6 Å². The number of imide groups is 1. The Morgan fingerprint density at radius 2 is 1.59 bits per heavy atom. The Balaban J connectivity index is 1.60. The minimum Gasteiger partial charge on any atom is -0.274 e. The summed E-state index contributed by atoms with van der Waals surface area (Å²) in [5, 5.41) is 1.01. The molecule has 0 radical (unpaired) electrons. The van der Waals surface area contributed by atoms with Gasteiger partial charge in [-0.1, -0.05) is 30.4 Å². The van der Waals surface area contributed by atoms with Crippen LogP contribution in [0.5, 0.6) is 0 Å². The van der Waals surface area contributed by atoms with Gasteiger partial charge < -0.3 is 0 Å². The maximum absolute atomic E-state index is 12.8. The molecule has 2 fully saturated rings. The van der Waals surface area contributed by atoms with Gasteiger partial charge in [0.25, 0.3) is 0 Å². The van der Waals surface area contributed by atoms with Crippen LogP contribution in [0.15, 0.2) is 48.6 Å². The van der Waals surface area contributed by atoms with Gasteiger partial charge in [-0.2, -0.15) is 0 Å². The average Bonchev–Trinajstić information content (AvgIpc) is 3.21. The third kappa shape index (κ3) is 1.39. The van der Waals surface area contributed by atoms with Gasteiger partial charge in [0, 0.05) is 5.39 Å². The van der Waals surface area contributed by atoms with Crippen LogP contribution in [0.4, 0.5) is 5.82 Å². The van der Waals surface area contributed by atoms with Gasteiger partial charge in [0.05, 0.1) is 17.4 Å². The summed E-state index contributed by atoms with van der Waals surface area (Å²) in [5.74, 6) is 0.437. The van der Waals surface area contributed by atoms with Crippen molar-refractivity contribution >= 4 is 28.5 Å². The summed E-state index contributed by atoms with van der Waals surface area (Å²) in [6.07, 6.45) is 5.16. The lowest BCUT2D eigenvalue weighted by atomic mass is 9.85. The minimum atomic E-state index is -0.171. The van der Waals surface area contributed by atoms with E-state index in [0.29, 0.717) is 5.82 Å². The molecule has 3 aliphatic rings. The maximum Gasteiger partial charge on any atom is 0.239 e. The zero-order chi connectivity index (χ0) is 14.8. The zero-order valence-electron chi connectivity index (χ0n) is 11.8. The molecule has 2 heterocycles. The Kier molecular flexibility index (Phi) is 2.22. The predicted octanol–water partition coefficient (Wildman–Crippen LogP) is 2.55. The lowest BCUT2D eigenvalue weighted by Gasteiger charge is -2.16. The molecule has 0 spiro atoms. The summed E-state index contributed by atoms with van der Waals surface area (Å²) in [5.41, 5.74) is 0.804. The summed E-state index contributed by atoms with van der Waals surface area (Å²) >= 11 is 0. The molecule has 5 rings (SSSR count). The Labute approximate surface area is 127 Å². The van der Waals surface area contributed by atoms with Crippen LogP contribution < -0.4 is 4.90 Å². The van der Waals surface area contributed by atoms with Crippen molar-refractivity contribution in [2.24, 2.45) is 23.7 Å². The second-order valence-electron chi connectivity index (χ2n) is 6.37. The summed E-state index contributed by atoms with van der Waals surface area (Å²) in [6, 6.07) is 11.4. The normalized spacial score (nSPS) is 32.3. The molecule has 22 heavy (non-hydrogen) atoms. The van der Waals surface area contributed by atoms with Gasteiger partial charge in [-0.05, 0) is 36.5 Å². The van der Waals surface area contributed by atoms with E-state index in [2.05, 4.69) is 17.1 Å². The highest BCUT2D eigenvalue weighted by Gasteiger charge is 2.59. The molecule has 1 aromatic carbocycles. The number of amides is 2. The van der Waals surface area contributed by atoms with E-state index >= 15 is 0 Å². The highest BCUT2D eigenvalue weighted by atomic mass is 16.2. The first-order chi connectivity index (χ1) is 10.7. The molecule has 4 nitrogen and oxygen atoms in total. The van der Waals surface area contributed by atoms with E-state index in [-0.39, 0.29) is 35.5 Å². The van der Waals surface area contributed by atoms with Gasteiger partial charge in [-0.25, -0.2) is 9.88 Å². The summed E-state index contributed by atoms with van der Waals surface area (Å²) < 4.78 is 0. The van der Waals surface area contributed by atoms with Crippen molar-refractivity contribution in [3.63, 3.8) is 0 Å². The molecule has 108 valence electrons. The number of anilines is 1. The number of aromatic nitrogens is 1. The monoisotopic (exact) mass is 290 g/mol. The maximum atomic E-state index is 12.8. The Morgan fingerprint density at radius 3 is 2.32 bits per heavy atom. The fourth-order valence-corrected chi connectivity index (χ4v) is 4.31. The van der Waals surface area contributed by atoms with Crippen molar-refractivity contribution in [1.82, 2.24) is 4.98 Å². The minimum absolute atomic E-state index is 0.0744. The van der Waals surface area contributed by atoms with Crippen LogP contribution in [0.25, 0.3) is 10.9 Å². The number of carbonyl (C=O) groups excluding carboxylic acids is 2. The van der Waals surface area contributed by atoms with Gasteiger partial charge in [-0.3, -0.25) is 9.59 Å². The van der Waals surface area contributed by atoms with Crippen LogP contribution in [-0.4, -0.2) is 16.8 Å². The van der Waals surface area contributed by atoms with Crippen LogP contribution >= 0.6 is 0 Å². The Bertz CT molecular complexity index is 827. The summed E-state index contributed by atoms with van der Waals surface area (Å²) in [7, 11) is 0. The average molecular weight is 290 g/mol. The largest absolute Gasteiger partial charge is 0.274 e. The molecular formula is C18H14N2O2. The molecule has 1 saturated heterocycles. The SMILES string of the molecule is O=C1[C@@H]2[C@H](C(=O)N1c1ccc3ccccc3n1)[C@H]1C=C[C@@H]2C1. The highest BCUT2D eigenvalue weighted by molar-refractivity contribution is 6.22. The van der Waals surface area contributed by atoms with Crippen molar-refractivity contribution in [2.75, 3.05) is 4.90 Å². The number of allylic oxidation sites excluding steroid dienone is 2. The number of pyridine rings is 1. The molecule has 1 aromatic heterocycles. The Morgan fingerprint density at radius 1 is 0.909 bits per heavy atom. The van der Waals surface area contributed by atoms with E-state index in [1.165, 1.54) is 4.90 Å². The summed E-state index contributed by atoms with van der Waals surface area (Å²) in [4.78, 5) is 31.3. The molecule has 0 N–H and O–H groups in total. The second-order valence-corrected chi connectivity index (χ2v) is 6.37. The third-order valence-electron chi connectivity index (χ3n) is 5.28. The van der Waals surface area contributed by atoms with Gasteiger partial charge in [-0.15, -0.1) is 0 Å². The molecule has 4 atom stereocenters. The van der Waals surface area contributed by atoms with Crippen LogP contribution in [0.1, 0.15) is 6.42 Å². The van der Waals surface area contributed by atoms with Gasteiger partial charge in [0.15, 0.2) is 0 Å². The number of para-hydroxylation sites is 1. The van der Waals surface area contributed by atoms with Crippen LogP contribution in [0, 0.1) is 23.7 Å². The van der Waals surface area contributed by atoms with Crippen molar-refractivity contribution in [3.8, 4) is 0 Å². The molecule has 1 aliphatic heterocycles. The molecular weight excluding hydrogens is 276 g/mol. The van der Waals surface area contributed by atoms with Crippen molar-refractivity contribution in [1.29, 1.82) is 0 Å². The van der Waals surface area contributed by atoms with Crippen LogP contribution in [0.3, 0.4) is 0 Å². The molecule has 2 aliphatic carbocycles. The second kappa shape index (κ2) is 4.03. The quantitative estimate of drug-likeness (QED) is 0.599. The fraction of sp³-hybridized carbons (Fsp3) is 0.278. The van der Waals surface area contributed by atoms with E-state index in [0.717, 1.165) is 17.3 Å². The van der Waals surface area contributed by atoms with E-state index in [9.17, 15) is 9.59 Å². The number of fused-ring (bicyclic) bond motifs is 6. The van der Waals surface area contributed by atoms with Crippen molar-refractivity contribution in [2.45, 2.75) is 6.42 Å². The molecule has 2 amide bonds. The first kappa shape index (κ1) is 12.1. The topological polar surface area (TPSA) is 50.3 Å². The molecule has 2 bridgehead atoms. The van der Waals surface area contributed by atoms with Gasteiger partial charge >= 0.3 is 0 Å². The Hall–Kier alpha value is -2.49. The molecule has 0 unspecified atom stereocenters. The van der Waals surface area contributed by atoms with Crippen LogP contribution in [-0.2, 0) is 9.59 Å². The molecule has 2 aromatic rings. The summed E-state index contributed by atoms with van der Waals surface area (Å²) in [6.45, 7) is 0. The smallest absolute Gasteiger partial charge is 0.239 e. The third-order valence-corrected chi connectivity index (χ3v) is 5.28. The number of carbonyl (C=O) groups is 2. The van der Waals surface area contributed by atoms with E-state index < -0.39 is 0 Å². The van der Waals surface area contributed by atoms with Crippen molar-refractivity contribution < 1.29 is 9.59 Å². The van der Waals surface area contributed by atoms with E-state index in [1.807, 2.05) is 30.3 Å². The first-order valence-electron chi connectivity index (χ1n) is 7.66. The number of benzene rings is 1. The lowest BCUT2D eigenvalue weighted by molar-refractivity contribution is -0.123. The van der Waals surface area contributed by atoms with Gasteiger partial charge in [0.2, 0.25) is 11.8 Å². The lowest BCUT2D eigenvalue weighted by Crippen LogP contribution is -2.33. The number of rotatable bonds is 1. The van der Waals surface area contributed by atoms with Gasteiger partial charge in [0.1, 0.15) is 5.82 Å². The molecule has 1 saturated carbocycles. The highest BCUT2D eigenvalue weighted by Crippen LogP contribution is 2.53. The standard InChI is InChI=1S/C18H14N2O2/c21-17-15-11-5-6-12(9-11)16(15)18(22)20(17)14-8-7-10-3-1-2-4-13(10)19-14/h1-8,11-12,15-16H,9H2/t11-,12+,15+,16-. The van der Waals surface area contributed by atoms with Crippen LogP contribution in [0.2, 0.25) is 0 Å². The molecule has 4 heteroatoms. The zero-order valence-corrected chi connectivity index (χ0v) is 11.8. The number of hydrogen-bond donors (Lipinski definition) is 0. The first-order valence-corrected chi connectivity index (χ1v) is 7.66. The number of hydrogen-bond acceptors (Lipinski definition) is 3. The van der Waals surface area contributed by atoms with E-state index in [4.69, 9.17) is 0 Å².